The number of hydrogen-bond acceptors (Lipinski definition) is 4. The lowest BCUT2D eigenvalue weighted by Crippen LogP contribution is -2.09. The monoisotopic (exact) mass is 280 g/mol. The van der Waals surface area contributed by atoms with Crippen molar-refractivity contribution in [2.24, 2.45) is 0 Å². The van der Waals surface area contributed by atoms with Crippen LogP contribution in [0.5, 0.6) is 5.75 Å². The molecule has 21 heavy (non-hydrogen) atoms. The quantitative estimate of drug-likeness (QED) is 0.692. The first-order valence-electron chi connectivity index (χ1n) is 6.18. The summed E-state index contributed by atoms with van der Waals surface area (Å²) in [6, 6.07) is 14.7. The standard InChI is InChI=1S/C16H12N2O3/c1-11(19)18-14-7-5-13(6-8-14)16(20)21-15-4-2-3-12(9-15)10-17/h2-9H,1H3,(H,18,19). The second kappa shape index (κ2) is 6.35. The number of amides is 1. The molecule has 2 aromatic rings. The molecular weight excluding hydrogens is 268 g/mol. The molecule has 0 aliphatic rings. The minimum atomic E-state index is -0.528. The molecule has 0 saturated heterocycles. The topological polar surface area (TPSA) is 79.2 Å². The van der Waals surface area contributed by atoms with E-state index in [9.17, 15) is 9.59 Å². The summed E-state index contributed by atoms with van der Waals surface area (Å²) in [7, 11) is 0. The fourth-order valence-electron chi connectivity index (χ4n) is 1.69. The Bertz CT molecular complexity index is 715. The van der Waals surface area contributed by atoms with Crippen molar-refractivity contribution in [3.05, 3.63) is 59.7 Å². The van der Waals surface area contributed by atoms with Crippen molar-refractivity contribution < 1.29 is 14.3 Å². The molecule has 0 aliphatic carbocycles. The van der Waals surface area contributed by atoms with Gasteiger partial charge in [-0.25, -0.2) is 4.79 Å². The van der Waals surface area contributed by atoms with Crippen LogP contribution >= 0.6 is 0 Å². The molecule has 0 bridgehead atoms. The van der Waals surface area contributed by atoms with Crippen LogP contribution in [-0.4, -0.2) is 11.9 Å². The maximum Gasteiger partial charge on any atom is 0.343 e. The summed E-state index contributed by atoms with van der Waals surface area (Å²) < 4.78 is 5.19. The third kappa shape index (κ3) is 3.91. The fraction of sp³-hybridized carbons (Fsp3) is 0.0625. The molecule has 0 spiro atoms. The van der Waals surface area contributed by atoms with Gasteiger partial charge in [0, 0.05) is 12.6 Å². The predicted molar refractivity (Wildman–Crippen MR) is 76.9 cm³/mol. The molecule has 0 radical (unpaired) electrons. The first kappa shape index (κ1) is 14.3. The summed E-state index contributed by atoms with van der Waals surface area (Å²) in [4.78, 5) is 22.9. The average molecular weight is 280 g/mol. The Hall–Kier alpha value is -3.13. The smallest absolute Gasteiger partial charge is 0.343 e. The molecule has 2 aromatic carbocycles. The van der Waals surface area contributed by atoms with Crippen LogP contribution in [0.2, 0.25) is 0 Å². The lowest BCUT2D eigenvalue weighted by Gasteiger charge is -2.06. The Morgan fingerprint density at radius 3 is 2.48 bits per heavy atom. The predicted octanol–water partition coefficient (Wildman–Crippen LogP) is 2.74. The van der Waals surface area contributed by atoms with Gasteiger partial charge in [0.1, 0.15) is 5.75 Å². The van der Waals surface area contributed by atoms with Crippen LogP contribution in [0, 0.1) is 11.3 Å². The molecule has 0 atom stereocenters. The maximum atomic E-state index is 12.0. The zero-order chi connectivity index (χ0) is 15.2. The van der Waals surface area contributed by atoms with Gasteiger partial charge in [0.2, 0.25) is 5.91 Å². The van der Waals surface area contributed by atoms with Crippen LogP contribution in [-0.2, 0) is 4.79 Å². The largest absolute Gasteiger partial charge is 0.423 e. The van der Waals surface area contributed by atoms with Crippen LogP contribution in [0.4, 0.5) is 5.69 Å². The van der Waals surface area contributed by atoms with E-state index < -0.39 is 5.97 Å². The minimum Gasteiger partial charge on any atom is -0.423 e. The van der Waals surface area contributed by atoms with E-state index in [-0.39, 0.29) is 5.91 Å². The van der Waals surface area contributed by atoms with Gasteiger partial charge in [-0.3, -0.25) is 4.79 Å². The number of ether oxygens (including phenoxy) is 1. The molecule has 0 heterocycles. The van der Waals surface area contributed by atoms with E-state index in [0.717, 1.165) is 0 Å². The van der Waals surface area contributed by atoms with Crippen molar-refractivity contribution >= 4 is 17.6 Å². The number of carbonyl (C=O) groups is 2. The summed E-state index contributed by atoms with van der Waals surface area (Å²) in [5.74, 6) is -0.400. The van der Waals surface area contributed by atoms with Gasteiger partial charge in [-0.1, -0.05) is 6.07 Å². The number of nitriles is 1. The SMILES string of the molecule is CC(=O)Nc1ccc(C(=O)Oc2cccc(C#N)c2)cc1. The van der Waals surface area contributed by atoms with Crippen LogP contribution in [0.1, 0.15) is 22.8 Å². The van der Waals surface area contributed by atoms with Gasteiger partial charge in [-0.15, -0.1) is 0 Å². The first-order chi connectivity index (χ1) is 10.1. The second-order valence-corrected chi connectivity index (χ2v) is 4.29. The molecule has 1 amide bonds. The fourth-order valence-corrected chi connectivity index (χ4v) is 1.69. The lowest BCUT2D eigenvalue weighted by molar-refractivity contribution is -0.114. The summed E-state index contributed by atoms with van der Waals surface area (Å²) >= 11 is 0. The molecular formula is C16H12N2O3. The Morgan fingerprint density at radius 1 is 1.14 bits per heavy atom. The van der Waals surface area contributed by atoms with Crippen molar-refractivity contribution in [2.75, 3.05) is 5.32 Å². The van der Waals surface area contributed by atoms with E-state index in [1.165, 1.54) is 13.0 Å². The van der Waals surface area contributed by atoms with Gasteiger partial charge in [0.25, 0.3) is 0 Å². The van der Waals surface area contributed by atoms with Crippen molar-refractivity contribution in [3.63, 3.8) is 0 Å². The molecule has 0 saturated carbocycles. The van der Waals surface area contributed by atoms with Gasteiger partial charge in [-0.05, 0) is 42.5 Å². The third-order valence-electron chi connectivity index (χ3n) is 2.61. The van der Waals surface area contributed by atoms with E-state index in [1.54, 1.807) is 42.5 Å². The maximum absolute atomic E-state index is 12.0. The summed E-state index contributed by atoms with van der Waals surface area (Å²) in [5.41, 5.74) is 1.37. The molecule has 5 nitrogen and oxygen atoms in total. The number of nitrogens with zero attached hydrogens (tertiary/aromatic N) is 1. The molecule has 1 N–H and O–H groups in total. The highest BCUT2D eigenvalue weighted by Gasteiger charge is 2.09. The molecule has 5 heteroatoms. The number of anilines is 1. The van der Waals surface area contributed by atoms with Crippen molar-refractivity contribution in [1.29, 1.82) is 5.26 Å². The normalized spacial score (nSPS) is 9.52. The van der Waals surface area contributed by atoms with E-state index in [1.807, 2.05) is 6.07 Å². The number of esters is 1. The summed E-state index contributed by atoms with van der Waals surface area (Å²) in [6.45, 7) is 1.41. The first-order valence-corrected chi connectivity index (χ1v) is 6.18. The average Bonchev–Trinajstić information content (AvgIpc) is 2.47. The van der Waals surface area contributed by atoms with Crippen LogP contribution in [0.3, 0.4) is 0 Å². The number of hydrogen-bond donors (Lipinski definition) is 1. The van der Waals surface area contributed by atoms with E-state index in [4.69, 9.17) is 10.00 Å². The molecule has 2 rings (SSSR count). The van der Waals surface area contributed by atoms with Crippen LogP contribution < -0.4 is 10.1 Å². The van der Waals surface area contributed by atoms with Gasteiger partial charge in [0.05, 0.1) is 17.2 Å². The molecule has 0 fully saturated rings. The number of benzene rings is 2. The van der Waals surface area contributed by atoms with Crippen molar-refractivity contribution in [3.8, 4) is 11.8 Å². The van der Waals surface area contributed by atoms with Gasteiger partial charge < -0.3 is 10.1 Å². The number of nitrogens with one attached hydrogen (secondary N) is 1. The Labute approximate surface area is 121 Å². The summed E-state index contributed by atoms with van der Waals surface area (Å²) in [6.07, 6.45) is 0. The van der Waals surface area contributed by atoms with Crippen molar-refractivity contribution in [2.45, 2.75) is 6.92 Å². The van der Waals surface area contributed by atoms with Crippen LogP contribution in [0.25, 0.3) is 0 Å². The number of carbonyl (C=O) groups excluding carboxylic acids is 2. The lowest BCUT2D eigenvalue weighted by atomic mass is 10.2. The second-order valence-electron chi connectivity index (χ2n) is 4.29. The van der Waals surface area contributed by atoms with Crippen molar-refractivity contribution in [1.82, 2.24) is 0 Å². The molecule has 104 valence electrons. The van der Waals surface area contributed by atoms with E-state index in [0.29, 0.717) is 22.6 Å². The minimum absolute atomic E-state index is 0.182. The zero-order valence-corrected chi connectivity index (χ0v) is 11.3. The van der Waals surface area contributed by atoms with Crippen LogP contribution in [0.15, 0.2) is 48.5 Å². The Kier molecular flexibility index (Phi) is 4.32. The Morgan fingerprint density at radius 2 is 1.86 bits per heavy atom. The Balaban J connectivity index is 2.09. The van der Waals surface area contributed by atoms with E-state index in [2.05, 4.69) is 5.32 Å². The molecule has 0 unspecified atom stereocenters. The van der Waals surface area contributed by atoms with Gasteiger partial charge in [0.15, 0.2) is 0 Å². The summed E-state index contributed by atoms with van der Waals surface area (Å²) in [5, 5.41) is 11.4. The van der Waals surface area contributed by atoms with Gasteiger partial charge >= 0.3 is 5.97 Å². The van der Waals surface area contributed by atoms with Gasteiger partial charge in [-0.2, -0.15) is 5.26 Å². The number of rotatable bonds is 3. The van der Waals surface area contributed by atoms with E-state index >= 15 is 0 Å². The molecule has 0 aromatic heterocycles. The third-order valence-corrected chi connectivity index (χ3v) is 2.61. The highest BCUT2D eigenvalue weighted by atomic mass is 16.5. The molecule has 0 aliphatic heterocycles. The highest BCUT2D eigenvalue weighted by Crippen LogP contribution is 2.16. The highest BCUT2D eigenvalue weighted by molar-refractivity contribution is 5.93. The zero-order valence-electron chi connectivity index (χ0n) is 11.3.